The van der Waals surface area contributed by atoms with E-state index in [9.17, 15) is 23.3 Å². The number of rotatable bonds is 5. The Morgan fingerprint density at radius 1 is 1.33 bits per heavy atom. The SMILES string of the molecule is CC(C(NCc1ccccc1)C(F)(F)F)[N+](=O)[O-]. The smallest absolute Gasteiger partial charge is 0.296 e. The number of nitrogens with zero attached hydrogens (tertiary/aromatic N) is 1. The Bertz CT molecular complexity index is 395. The Labute approximate surface area is 102 Å². The molecule has 0 aliphatic carbocycles. The molecule has 0 saturated carbocycles. The molecule has 1 N–H and O–H groups in total. The van der Waals surface area contributed by atoms with Gasteiger partial charge in [-0.25, -0.2) is 0 Å². The van der Waals surface area contributed by atoms with Crippen molar-refractivity contribution in [2.75, 3.05) is 0 Å². The van der Waals surface area contributed by atoms with Crippen LogP contribution < -0.4 is 5.32 Å². The van der Waals surface area contributed by atoms with Crippen molar-refractivity contribution >= 4 is 0 Å². The lowest BCUT2D eigenvalue weighted by Crippen LogP contribution is -2.51. The van der Waals surface area contributed by atoms with Gasteiger partial charge >= 0.3 is 6.18 Å². The van der Waals surface area contributed by atoms with Gasteiger partial charge in [0, 0.05) is 18.4 Å². The van der Waals surface area contributed by atoms with E-state index in [0.29, 0.717) is 5.56 Å². The third-order valence-corrected chi connectivity index (χ3v) is 2.54. The Balaban J connectivity index is 2.71. The molecule has 18 heavy (non-hydrogen) atoms. The van der Waals surface area contributed by atoms with Crippen LogP contribution in [0, 0.1) is 10.1 Å². The Hall–Kier alpha value is -1.63. The monoisotopic (exact) mass is 262 g/mol. The Morgan fingerprint density at radius 3 is 2.33 bits per heavy atom. The third-order valence-electron chi connectivity index (χ3n) is 2.54. The van der Waals surface area contributed by atoms with Crippen LogP contribution in [-0.2, 0) is 6.54 Å². The first-order chi connectivity index (χ1) is 8.32. The molecule has 0 bridgehead atoms. The zero-order chi connectivity index (χ0) is 13.8. The van der Waals surface area contributed by atoms with Gasteiger partial charge in [-0.05, 0) is 5.56 Å². The lowest BCUT2D eigenvalue weighted by molar-refractivity contribution is -0.530. The number of hydrogen-bond acceptors (Lipinski definition) is 3. The Kier molecular flexibility index (Phi) is 4.66. The highest BCUT2D eigenvalue weighted by Gasteiger charge is 2.48. The van der Waals surface area contributed by atoms with E-state index in [2.05, 4.69) is 5.32 Å². The first kappa shape index (κ1) is 14.4. The van der Waals surface area contributed by atoms with Gasteiger partial charge in [0.15, 0.2) is 6.04 Å². The number of benzene rings is 1. The zero-order valence-corrected chi connectivity index (χ0v) is 9.65. The molecule has 4 nitrogen and oxygen atoms in total. The molecular weight excluding hydrogens is 249 g/mol. The van der Waals surface area contributed by atoms with E-state index in [4.69, 9.17) is 0 Å². The molecule has 1 aromatic rings. The summed E-state index contributed by atoms with van der Waals surface area (Å²) >= 11 is 0. The van der Waals surface area contributed by atoms with Crippen molar-refractivity contribution in [3.63, 3.8) is 0 Å². The molecule has 1 rings (SSSR count). The Morgan fingerprint density at radius 2 is 1.89 bits per heavy atom. The molecule has 0 aromatic heterocycles. The summed E-state index contributed by atoms with van der Waals surface area (Å²) in [5, 5.41) is 12.7. The van der Waals surface area contributed by atoms with Crippen LogP contribution in [0.15, 0.2) is 30.3 Å². The van der Waals surface area contributed by atoms with Gasteiger partial charge in [0.1, 0.15) is 0 Å². The molecule has 7 heteroatoms. The van der Waals surface area contributed by atoms with Crippen LogP contribution in [0.2, 0.25) is 0 Å². The van der Waals surface area contributed by atoms with Gasteiger partial charge in [-0.15, -0.1) is 0 Å². The molecule has 0 aliphatic rings. The summed E-state index contributed by atoms with van der Waals surface area (Å²) in [5.41, 5.74) is 0.641. The van der Waals surface area contributed by atoms with E-state index in [0.717, 1.165) is 6.92 Å². The second-order valence-corrected chi connectivity index (χ2v) is 3.91. The van der Waals surface area contributed by atoms with Crippen molar-refractivity contribution in [2.24, 2.45) is 0 Å². The molecule has 0 radical (unpaired) electrons. The van der Waals surface area contributed by atoms with Gasteiger partial charge in [0.2, 0.25) is 6.04 Å². The number of hydrogen-bond donors (Lipinski definition) is 1. The average molecular weight is 262 g/mol. The summed E-state index contributed by atoms with van der Waals surface area (Å²) in [5.74, 6) is 0. The standard InChI is InChI=1S/C11H13F3N2O2/c1-8(16(17)18)10(11(12,13)14)15-7-9-5-3-2-4-6-9/h2-6,8,10,15H,7H2,1H3. The van der Waals surface area contributed by atoms with Crippen LogP contribution in [0.4, 0.5) is 13.2 Å². The number of nitrogens with one attached hydrogen (secondary N) is 1. The van der Waals surface area contributed by atoms with E-state index in [1.54, 1.807) is 30.3 Å². The maximum absolute atomic E-state index is 12.7. The van der Waals surface area contributed by atoms with E-state index in [-0.39, 0.29) is 6.54 Å². The van der Waals surface area contributed by atoms with Gasteiger partial charge in [0.05, 0.1) is 0 Å². The first-order valence-electron chi connectivity index (χ1n) is 5.30. The fraction of sp³-hybridized carbons (Fsp3) is 0.455. The van der Waals surface area contributed by atoms with Gasteiger partial charge < -0.3 is 0 Å². The predicted molar refractivity (Wildman–Crippen MR) is 59.6 cm³/mol. The minimum Gasteiger partial charge on any atom is -0.296 e. The molecule has 2 atom stereocenters. The average Bonchev–Trinajstić information content (AvgIpc) is 2.28. The predicted octanol–water partition coefficient (Wildman–Crippen LogP) is 2.37. The summed E-state index contributed by atoms with van der Waals surface area (Å²) in [4.78, 5) is 9.53. The first-order valence-corrected chi connectivity index (χ1v) is 5.30. The maximum atomic E-state index is 12.7. The van der Waals surface area contributed by atoms with E-state index in [1.807, 2.05) is 0 Å². The van der Waals surface area contributed by atoms with Crippen LogP contribution in [-0.4, -0.2) is 23.2 Å². The van der Waals surface area contributed by atoms with Crippen molar-refractivity contribution in [1.82, 2.24) is 5.32 Å². The summed E-state index contributed by atoms with van der Waals surface area (Å²) in [6.07, 6.45) is -4.65. The lowest BCUT2D eigenvalue weighted by Gasteiger charge is -2.22. The van der Waals surface area contributed by atoms with Gasteiger partial charge in [-0.3, -0.25) is 15.4 Å². The quantitative estimate of drug-likeness (QED) is 0.654. The minimum atomic E-state index is -4.65. The fourth-order valence-electron chi connectivity index (χ4n) is 1.51. The van der Waals surface area contributed by atoms with Crippen LogP contribution in [0.25, 0.3) is 0 Å². The van der Waals surface area contributed by atoms with E-state index in [1.165, 1.54) is 0 Å². The highest BCUT2D eigenvalue weighted by molar-refractivity contribution is 5.14. The zero-order valence-electron chi connectivity index (χ0n) is 9.65. The summed E-state index contributed by atoms with van der Waals surface area (Å²) in [6.45, 7) is 0.874. The van der Waals surface area contributed by atoms with Crippen molar-refractivity contribution < 1.29 is 18.1 Å². The number of alkyl halides is 3. The van der Waals surface area contributed by atoms with Gasteiger partial charge in [-0.1, -0.05) is 30.3 Å². The molecule has 0 saturated heterocycles. The van der Waals surface area contributed by atoms with Crippen LogP contribution in [0.3, 0.4) is 0 Å². The molecule has 1 aromatic carbocycles. The highest BCUT2D eigenvalue weighted by atomic mass is 19.4. The van der Waals surface area contributed by atoms with Crippen molar-refractivity contribution in [1.29, 1.82) is 0 Å². The second kappa shape index (κ2) is 5.81. The maximum Gasteiger partial charge on any atom is 0.410 e. The topological polar surface area (TPSA) is 55.2 Å². The largest absolute Gasteiger partial charge is 0.410 e. The molecule has 0 heterocycles. The molecule has 100 valence electrons. The minimum absolute atomic E-state index is 0.0663. The van der Waals surface area contributed by atoms with Gasteiger partial charge in [0.25, 0.3) is 0 Å². The molecule has 2 unspecified atom stereocenters. The van der Waals surface area contributed by atoms with E-state index < -0.39 is 23.2 Å². The number of nitro groups is 1. The van der Waals surface area contributed by atoms with Crippen LogP contribution >= 0.6 is 0 Å². The molecular formula is C11H13F3N2O2. The molecule has 0 amide bonds. The molecule has 0 spiro atoms. The fourth-order valence-corrected chi connectivity index (χ4v) is 1.51. The lowest BCUT2D eigenvalue weighted by atomic mass is 10.1. The summed E-state index contributed by atoms with van der Waals surface area (Å²) < 4.78 is 38.0. The van der Waals surface area contributed by atoms with Gasteiger partial charge in [-0.2, -0.15) is 13.2 Å². The van der Waals surface area contributed by atoms with Crippen LogP contribution in [0.1, 0.15) is 12.5 Å². The normalized spacial score (nSPS) is 15.1. The number of halogens is 3. The second-order valence-electron chi connectivity index (χ2n) is 3.91. The third kappa shape index (κ3) is 3.99. The summed E-state index contributed by atoms with van der Waals surface area (Å²) in [7, 11) is 0. The van der Waals surface area contributed by atoms with Crippen molar-refractivity contribution in [3.05, 3.63) is 46.0 Å². The van der Waals surface area contributed by atoms with Crippen molar-refractivity contribution in [3.8, 4) is 0 Å². The summed E-state index contributed by atoms with van der Waals surface area (Å²) in [6, 6.07) is 4.54. The van der Waals surface area contributed by atoms with E-state index >= 15 is 0 Å². The molecule has 0 fully saturated rings. The van der Waals surface area contributed by atoms with Crippen LogP contribution in [0.5, 0.6) is 0 Å². The highest BCUT2D eigenvalue weighted by Crippen LogP contribution is 2.24. The van der Waals surface area contributed by atoms with Crippen molar-refractivity contribution in [2.45, 2.75) is 31.7 Å². The molecule has 0 aliphatic heterocycles.